The molecule has 0 amide bonds. The average molecular weight is 427 g/mol. The lowest BCUT2D eigenvalue weighted by Crippen LogP contribution is -1.85. The van der Waals surface area contributed by atoms with Gasteiger partial charge >= 0.3 is 0 Å². The van der Waals surface area contributed by atoms with Crippen LogP contribution in [0.25, 0.3) is 53.6 Å². The van der Waals surface area contributed by atoms with Gasteiger partial charge in [-0.15, -0.1) is 11.3 Å². The zero-order chi connectivity index (χ0) is 21.5. The van der Waals surface area contributed by atoms with Crippen molar-refractivity contribution in [3.05, 3.63) is 121 Å². The van der Waals surface area contributed by atoms with E-state index in [9.17, 15) is 0 Å². The second kappa shape index (κ2) is 7.78. The Morgan fingerprint density at radius 3 is 1.84 bits per heavy atom. The van der Waals surface area contributed by atoms with Crippen molar-refractivity contribution in [1.29, 1.82) is 0 Å². The molecule has 0 unspecified atom stereocenters. The minimum atomic E-state index is 1.24. The molecule has 0 fully saturated rings. The summed E-state index contributed by atoms with van der Waals surface area (Å²) in [4.78, 5) is 0. The second-order valence-electron chi connectivity index (χ2n) is 8.25. The first kappa shape index (κ1) is 19.0. The molecule has 0 saturated heterocycles. The first-order valence-corrected chi connectivity index (χ1v) is 11.8. The third-order valence-corrected chi connectivity index (χ3v) is 7.38. The van der Waals surface area contributed by atoms with Gasteiger partial charge in [-0.2, -0.15) is 0 Å². The van der Waals surface area contributed by atoms with Gasteiger partial charge in [-0.05, 0) is 64.1 Å². The quantitative estimate of drug-likeness (QED) is 0.264. The molecule has 0 atom stereocenters. The molecule has 152 valence electrons. The lowest BCUT2D eigenvalue weighted by molar-refractivity contribution is 1.55. The summed E-state index contributed by atoms with van der Waals surface area (Å²) >= 11 is 1.88. The first-order chi connectivity index (χ1) is 15.8. The van der Waals surface area contributed by atoms with Crippen LogP contribution in [-0.4, -0.2) is 0 Å². The summed E-state index contributed by atoms with van der Waals surface area (Å²) in [5.74, 6) is 0. The van der Waals surface area contributed by atoms with Crippen molar-refractivity contribution in [1.82, 2.24) is 0 Å². The highest BCUT2D eigenvalue weighted by Gasteiger charge is 2.10. The van der Waals surface area contributed by atoms with Gasteiger partial charge in [-0.25, -0.2) is 0 Å². The number of hydrogen-bond donors (Lipinski definition) is 0. The second-order valence-corrected chi connectivity index (χ2v) is 9.33. The summed E-state index contributed by atoms with van der Waals surface area (Å²) in [6, 6.07) is 41.7. The number of benzene rings is 5. The topological polar surface area (TPSA) is 0 Å². The molecule has 1 aromatic heterocycles. The molecule has 0 aliphatic rings. The molecule has 32 heavy (non-hydrogen) atoms. The van der Waals surface area contributed by atoms with Crippen LogP contribution in [0.15, 0.2) is 115 Å². The maximum Gasteiger partial charge on any atom is 0.0358 e. The Kier molecular flexibility index (Phi) is 4.63. The van der Waals surface area contributed by atoms with Gasteiger partial charge in [-0.1, -0.05) is 97.1 Å². The fourth-order valence-corrected chi connectivity index (χ4v) is 5.79. The normalized spacial score (nSPS) is 11.3. The van der Waals surface area contributed by atoms with E-state index < -0.39 is 0 Å². The number of rotatable bonds is 3. The van der Waals surface area contributed by atoms with E-state index in [1.807, 2.05) is 11.3 Å². The van der Waals surface area contributed by atoms with Crippen molar-refractivity contribution in [3.8, 4) is 33.4 Å². The third-order valence-electron chi connectivity index (χ3n) is 6.24. The number of fused-ring (bicyclic) bond motifs is 3. The highest BCUT2D eigenvalue weighted by Crippen LogP contribution is 2.38. The molecule has 0 saturated carbocycles. The van der Waals surface area contributed by atoms with Crippen LogP contribution >= 0.6 is 11.3 Å². The van der Waals surface area contributed by atoms with E-state index in [1.54, 1.807) is 0 Å². The number of hydrogen-bond acceptors (Lipinski definition) is 1. The Hall–Kier alpha value is -3.68. The van der Waals surface area contributed by atoms with E-state index in [2.05, 4.69) is 122 Å². The van der Waals surface area contributed by atoms with Crippen molar-refractivity contribution in [2.45, 2.75) is 6.92 Å². The Morgan fingerprint density at radius 1 is 0.469 bits per heavy atom. The molecule has 6 rings (SSSR count). The van der Waals surface area contributed by atoms with Gasteiger partial charge in [0.05, 0.1) is 0 Å². The van der Waals surface area contributed by atoms with E-state index in [0.717, 1.165) is 0 Å². The van der Waals surface area contributed by atoms with Crippen LogP contribution in [0.5, 0.6) is 0 Å². The molecule has 6 aromatic rings. The maximum absolute atomic E-state index is 2.36. The highest BCUT2D eigenvalue weighted by molar-refractivity contribution is 7.25. The monoisotopic (exact) mass is 426 g/mol. The van der Waals surface area contributed by atoms with Crippen LogP contribution in [-0.2, 0) is 0 Å². The van der Waals surface area contributed by atoms with Gasteiger partial charge in [0.15, 0.2) is 0 Å². The Morgan fingerprint density at radius 2 is 1.09 bits per heavy atom. The summed E-state index contributed by atoms with van der Waals surface area (Å²) in [7, 11) is 0. The van der Waals surface area contributed by atoms with E-state index in [-0.39, 0.29) is 0 Å². The SMILES string of the molecule is Cc1cccc2sc3ccc(-c4ccc(-c5ccccc5-c5ccccc5)cc4)cc3c12. The largest absolute Gasteiger partial charge is 0.135 e. The predicted octanol–water partition coefficient (Wildman–Crippen LogP) is 9.36. The highest BCUT2D eigenvalue weighted by atomic mass is 32.1. The molecule has 0 aliphatic heterocycles. The summed E-state index contributed by atoms with van der Waals surface area (Å²) < 4.78 is 2.72. The van der Waals surface area contributed by atoms with Gasteiger partial charge in [0.1, 0.15) is 0 Å². The molecule has 5 aromatic carbocycles. The van der Waals surface area contributed by atoms with Crippen LogP contribution in [0.4, 0.5) is 0 Å². The maximum atomic E-state index is 2.36. The minimum absolute atomic E-state index is 1.24. The fraction of sp³-hybridized carbons (Fsp3) is 0.0323. The van der Waals surface area contributed by atoms with Crippen molar-refractivity contribution in [3.63, 3.8) is 0 Å². The van der Waals surface area contributed by atoms with Crippen LogP contribution in [0.1, 0.15) is 5.56 Å². The standard InChI is InChI=1S/C31H22S/c1-21-8-7-13-30-31(21)28-20-25(18-19-29(28)32-30)22-14-16-24(17-15-22)27-12-6-5-11-26(27)23-9-3-2-4-10-23/h2-20H,1H3. The third kappa shape index (κ3) is 3.23. The molecular weight excluding hydrogens is 404 g/mol. The summed E-state index contributed by atoms with van der Waals surface area (Å²) in [6.07, 6.45) is 0. The minimum Gasteiger partial charge on any atom is -0.135 e. The van der Waals surface area contributed by atoms with Crippen LogP contribution in [0, 0.1) is 6.92 Å². The van der Waals surface area contributed by atoms with Crippen LogP contribution in [0.2, 0.25) is 0 Å². The zero-order valence-corrected chi connectivity index (χ0v) is 18.7. The molecule has 0 radical (unpaired) electrons. The lowest BCUT2D eigenvalue weighted by atomic mass is 9.93. The van der Waals surface area contributed by atoms with Crippen molar-refractivity contribution in [2.75, 3.05) is 0 Å². The summed E-state index contributed by atoms with van der Waals surface area (Å²) in [5.41, 5.74) is 8.88. The van der Waals surface area contributed by atoms with Gasteiger partial charge < -0.3 is 0 Å². The molecule has 0 spiro atoms. The van der Waals surface area contributed by atoms with E-state index >= 15 is 0 Å². The summed E-state index contributed by atoms with van der Waals surface area (Å²) in [5, 5.41) is 2.75. The molecular formula is C31H22S. The molecule has 0 nitrogen and oxygen atoms in total. The van der Waals surface area contributed by atoms with E-state index in [0.29, 0.717) is 0 Å². The van der Waals surface area contributed by atoms with Crippen molar-refractivity contribution < 1.29 is 0 Å². The first-order valence-electron chi connectivity index (χ1n) is 10.9. The Balaban J connectivity index is 1.42. The van der Waals surface area contributed by atoms with Gasteiger partial charge in [0.2, 0.25) is 0 Å². The lowest BCUT2D eigenvalue weighted by Gasteiger charge is -2.11. The van der Waals surface area contributed by atoms with E-state index in [4.69, 9.17) is 0 Å². The Labute approximate surface area is 192 Å². The molecule has 0 bridgehead atoms. The van der Waals surface area contributed by atoms with Crippen molar-refractivity contribution in [2.24, 2.45) is 0 Å². The van der Waals surface area contributed by atoms with Crippen molar-refractivity contribution >= 4 is 31.5 Å². The summed E-state index contributed by atoms with van der Waals surface area (Å²) in [6.45, 7) is 2.21. The predicted molar refractivity (Wildman–Crippen MR) is 140 cm³/mol. The molecule has 0 aliphatic carbocycles. The Bertz CT molecular complexity index is 1550. The zero-order valence-electron chi connectivity index (χ0n) is 17.9. The molecule has 0 N–H and O–H groups in total. The smallest absolute Gasteiger partial charge is 0.0358 e. The number of aryl methyl sites for hydroxylation is 1. The van der Waals surface area contributed by atoms with E-state index in [1.165, 1.54) is 59.1 Å². The van der Waals surface area contributed by atoms with Gasteiger partial charge in [0, 0.05) is 20.2 Å². The van der Waals surface area contributed by atoms with Crippen LogP contribution < -0.4 is 0 Å². The fourth-order valence-electron chi connectivity index (χ4n) is 4.63. The van der Waals surface area contributed by atoms with Gasteiger partial charge in [0.25, 0.3) is 0 Å². The van der Waals surface area contributed by atoms with Crippen LogP contribution in [0.3, 0.4) is 0 Å². The molecule has 1 heteroatoms. The number of thiophene rings is 1. The van der Waals surface area contributed by atoms with Gasteiger partial charge in [-0.3, -0.25) is 0 Å². The average Bonchev–Trinajstić information content (AvgIpc) is 3.24. The molecule has 1 heterocycles.